The van der Waals surface area contributed by atoms with Crippen LogP contribution in [0.2, 0.25) is 5.02 Å². The van der Waals surface area contributed by atoms with Gasteiger partial charge in [0, 0.05) is 41.4 Å². The number of amides is 1. The number of hydrogen-bond acceptors (Lipinski definition) is 7. The average molecular weight is 680 g/mol. The van der Waals surface area contributed by atoms with Crippen molar-refractivity contribution in [2.24, 2.45) is 24.8 Å². The monoisotopic (exact) mass is 679 g/mol. The van der Waals surface area contributed by atoms with Crippen LogP contribution in [0.5, 0.6) is 5.75 Å². The maximum absolute atomic E-state index is 13.9. The van der Waals surface area contributed by atoms with Crippen molar-refractivity contribution >= 4 is 38.8 Å². The molecule has 47 heavy (non-hydrogen) atoms. The average Bonchev–Trinajstić information content (AvgIpc) is 3.40. The second-order valence-corrected chi connectivity index (χ2v) is 17.4. The van der Waals surface area contributed by atoms with Gasteiger partial charge >= 0.3 is 0 Å². The van der Waals surface area contributed by atoms with Gasteiger partial charge in [-0.2, -0.15) is 5.10 Å². The quantitative estimate of drug-likeness (QED) is 0.331. The molecule has 2 aromatic carbocycles. The van der Waals surface area contributed by atoms with Crippen LogP contribution in [0.4, 0.5) is 5.69 Å². The minimum Gasteiger partial charge on any atom is -0.490 e. The first kappa shape index (κ1) is 32.5. The maximum Gasteiger partial charge on any atom is 0.262 e. The number of halogens is 1. The highest BCUT2D eigenvalue weighted by molar-refractivity contribution is 7.99. The van der Waals surface area contributed by atoms with Gasteiger partial charge in [0.1, 0.15) is 17.7 Å². The number of aromatic nitrogens is 3. The molecule has 2 bridgehead atoms. The summed E-state index contributed by atoms with van der Waals surface area (Å²) >= 11 is 6.46. The van der Waals surface area contributed by atoms with Crippen molar-refractivity contribution in [1.82, 2.24) is 19.5 Å². The lowest BCUT2D eigenvalue weighted by Gasteiger charge is -2.49. The SMILES string of the molecule is C=S1(=O)NC(=O)c2ccc3c(c2)N(C[C@@H]2CC[C@H]2[C@@](O)(c2ncnn2C)CCC[C@H](C)[C@H]1C)C[C@@]1(CCCc2cc(Cl)ccc21)CO3. The van der Waals surface area contributed by atoms with E-state index in [2.05, 4.69) is 37.7 Å². The summed E-state index contributed by atoms with van der Waals surface area (Å²) in [5.74, 6) is 5.11. The second kappa shape index (κ2) is 12.1. The van der Waals surface area contributed by atoms with Gasteiger partial charge in [0.05, 0.1) is 22.0 Å². The molecule has 2 aliphatic carbocycles. The molecule has 4 aliphatic rings. The van der Waals surface area contributed by atoms with Gasteiger partial charge in [0.15, 0.2) is 5.82 Å². The molecule has 1 aromatic heterocycles. The van der Waals surface area contributed by atoms with Gasteiger partial charge in [-0.15, -0.1) is 0 Å². The molecule has 11 heteroatoms. The molecular formula is C36H46ClN5O4S. The zero-order valence-corrected chi connectivity index (χ0v) is 29.2. The molecule has 0 saturated heterocycles. The second-order valence-electron chi connectivity index (χ2n) is 14.6. The first-order valence-electron chi connectivity index (χ1n) is 17.0. The van der Waals surface area contributed by atoms with Crippen molar-refractivity contribution in [3.63, 3.8) is 0 Å². The van der Waals surface area contributed by atoms with Gasteiger partial charge in [-0.25, -0.2) is 9.19 Å². The number of fused-ring (bicyclic) bond motifs is 4. The molecular weight excluding hydrogens is 634 g/mol. The highest BCUT2D eigenvalue weighted by Crippen LogP contribution is 2.51. The van der Waals surface area contributed by atoms with E-state index < -0.39 is 21.2 Å². The summed E-state index contributed by atoms with van der Waals surface area (Å²) in [6.45, 7) is 5.84. The Hall–Kier alpha value is -3.08. The summed E-state index contributed by atoms with van der Waals surface area (Å²) in [5, 5.41) is 17.3. The van der Waals surface area contributed by atoms with Gasteiger partial charge in [-0.05, 0) is 123 Å². The van der Waals surface area contributed by atoms with Gasteiger partial charge in [-0.1, -0.05) is 24.6 Å². The molecule has 1 amide bonds. The van der Waals surface area contributed by atoms with Crippen LogP contribution in [0.25, 0.3) is 0 Å². The number of anilines is 1. The van der Waals surface area contributed by atoms with Gasteiger partial charge in [0.25, 0.3) is 5.91 Å². The fourth-order valence-corrected chi connectivity index (χ4v) is 10.4. The number of benzene rings is 2. The molecule has 3 aromatic rings. The summed E-state index contributed by atoms with van der Waals surface area (Å²) < 4.78 is 25.0. The van der Waals surface area contributed by atoms with Crippen LogP contribution in [0.15, 0.2) is 42.7 Å². The van der Waals surface area contributed by atoms with Crippen LogP contribution >= 0.6 is 11.6 Å². The Labute approximate surface area is 283 Å². The van der Waals surface area contributed by atoms with E-state index in [1.54, 1.807) is 10.7 Å². The minimum absolute atomic E-state index is 0.00881. The highest BCUT2D eigenvalue weighted by atomic mass is 35.5. The van der Waals surface area contributed by atoms with Gasteiger partial charge < -0.3 is 14.7 Å². The lowest BCUT2D eigenvalue weighted by molar-refractivity contribution is -0.103. The standard InChI is InChI=1S/C36H46ClN5O4S/c1-23-7-5-16-36(44,34-38-22-39-41(34)3)30-12-9-27(30)19-42-20-35(15-6-8-25-17-28(37)11-13-29(25)35)21-46-32-14-10-26(18-31(32)42)33(43)40-47(4,45)24(23)2/h10-11,13-14,17-18,22-24,27,30,44H,4-9,12,15-16,19-21H2,1-3H3,(H,40,43,45)/t23-,24+,27-,30+,35-,36+,47?/m0/s1. The molecule has 1 fully saturated rings. The normalized spacial score (nSPS) is 34.3. The smallest absolute Gasteiger partial charge is 0.262 e. The number of carbonyl (C=O) groups excluding carboxylic acids is 1. The van der Waals surface area contributed by atoms with Crippen LogP contribution in [0, 0.1) is 17.8 Å². The lowest BCUT2D eigenvalue weighted by Crippen LogP contribution is -2.52. The van der Waals surface area contributed by atoms with Crippen molar-refractivity contribution in [2.75, 3.05) is 24.6 Å². The molecule has 0 radical (unpaired) electrons. The van der Waals surface area contributed by atoms with E-state index in [-0.39, 0.29) is 28.4 Å². The number of carbonyl (C=O) groups is 1. The number of hydrogen-bond donors (Lipinski definition) is 2. The highest BCUT2D eigenvalue weighted by Gasteiger charge is 2.51. The van der Waals surface area contributed by atoms with Gasteiger partial charge in [-0.3, -0.25) is 14.2 Å². The fourth-order valence-electron chi connectivity index (χ4n) is 8.72. The Morgan fingerprint density at radius 1 is 1.13 bits per heavy atom. The zero-order chi connectivity index (χ0) is 33.1. The van der Waals surface area contributed by atoms with Crippen LogP contribution in [-0.2, 0) is 34.2 Å². The molecule has 1 saturated carbocycles. The molecule has 1 spiro atoms. The lowest BCUT2D eigenvalue weighted by atomic mass is 9.62. The maximum atomic E-state index is 13.9. The predicted molar refractivity (Wildman–Crippen MR) is 187 cm³/mol. The predicted octanol–water partition coefficient (Wildman–Crippen LogP) is 5.43. The number of nitrogens with zero attached hydrogens (tertiary/aromatic N) is 4. The Bertz CT molecular complexity index is 1800. The van der Waals surface area contributed by atoms with E-state index >= 15 is 0 Å². The number of rotatable bonds is 1. The first-order chi connectivity index (χ1) is 22.4. The fraction of sp³-hybridized carbons (Fsp3) is 0.556. The third kappa shape index (κ3) is 5.74. The summed E-state index contributed by atoms with van der Waals surface area (Å²) in [7, 11) is -1.12. The van der Waals surface area contributed by atoms with E-state index in [0.29, 0.717) is 43.9 Å². The molecule has 9 nitrogen and oxygen atoms in total. The molecule has 3 heterocycles. The molecule has 2 N–H and O–H groups in total. The molecule has 252 valence electrons. The summed E-state index contributed by atoms with van der Waals surface area (Å²) in [5.41, 5.74) is 2.37. The van der Waals surface area contributed by atoms with Crippen molar-refractivity contribution in [1.29, 1.82) is 0 Å². The molecule has 1 unspecified atom stereocenters. The van der Waals surface area contributed by atoms with E-state index in [9.17, 15) is 14.1 Å². The van der Waals surface area contributed by atoms with Crippen molar-refractivity contribution in [2.45, 2.75) is 81.5 Å². The first-order valence-corrected chi connectivity index (χ1v) is 19.1. The number of aryl methyl sites for hydroxylation is 2. The number of nitrogens with one attached hydrogen (secondary N) is 1. The van der Waals surface area contributed by atoms with E-state index in [1.807, 2.05) is 39.1 Å². The van der Waals surface area contributed by atoms with E-state index in [0.717, 1.165) is 55.0 Å². The van der Waals surface area contributed by atoms with Crippen LogP contribution < -0.4 is 14.4 Å². The van der Waals surface area contributed by atoms with E-state index in [1.165, 1.54) is 17.5 Å². The largest absolute Gasteiger partial charge is 0.490 e. The number of aliphatic hydroxyl groups is 1. The van der Waals surface area contributed by atoms with Crippen LogP contribution in [0.1, 0.15) is 86.1 Å². The zero-order valence-electron chi connectivity index (χ0n) is 27.6. The summed E-state index contributed by atoms with van der Waals surface area (Å²) in [4.78, 5) is 20.6. The van der Waals surface area contributed by atoms with Crippen molar-refractivity contribution in [3.8, 4) is 5.75 Å². The van der Waals surface area contributed by atoms with Crippen LogP contribution in [-0.4, -0.2) is 60.8 Å². The Morgan fingerprint density at radius 2 is 1.96 bits per heavy atom. The van der Waals surface area contributed by atoms with E-state index in [4.69, 9.17) is 16.3 Å². The van der Waals surface area contributed by atoms with Crippen molar-refractivity contribution < 1.29 is 18.8 Å². The third-order valence-electron chi connectivity index (χ3n) is 11.8. The number of ether oxygens (including phenoxy) is 1. The van der Waals surface area contributed by atoms with Crippen LogP contribution in [0.3, 0.4) is 0 Å². The third-order valence-corrected chi connectivity index (χ3v) is 14.2. The summed E-state index contributed by atoms with van der Waals surface area (Å²) in [6, 6.07) is 11.7. The Morgan fingerprint density at radius 3 is 2.70 bits per heavy atom. The summed E-state index contributed by atoms with van der Waals surface area (Å²) in [6.07, 6.45) is 8.33. The molecule has 2 aliphatic heterocycles. The van der Waals surface area contributed by atoms with Gasteiger partial charge in [0.2, 0.25) is 0 Å². The minimum atomic E-state index is -2.97. The molecule has 7 atom stereocenters. The Kier molecular flexibility index (Phi) is 8.36. The Balaban J connectivity index is 1.34. The topological polar surface area (TPSA) is 110 Å². The van der Waals surface area contributed by atoms with Crippen molar-refractivity contribution in [3.05, 3.63) is 70.3 Å². The molecule has 7 rings (SSSR count).